The summed E-state index contributed by atoms with van der Waals surface area (Å²) >= 11 is 3.05. The van der Waals surface area contributed by atoms with Crippen LogP contribution in [0.4, 0.5) is 0 Å². The predicted octanol–water partition coefficient (Wildman–Crippen LogP) is 5.52. The Bertz CT molecular complexity index is 1080. The summed E-state index contributed by atoms with van der Waals surface area (Å²) in [7, 11) is 1.69. The molecule has 2 unspecified atom stereocenters. The summed E-state index contributed by atoms with van der Waals surface area (Å²) in [5, 5.41) is 8.81. The molecule has 2 atom stereocenters. The number of thioether (sulfide) groups is 1. The molecule has 3 heterocycles. The minimum atomic E-state index is 0.0642. The van der Waals surface area contributed by atoms with Gasteiger partial charge in [0.15, 0.2) is 5.78 Å². The van der Waals surface area contributed by atoms with Crippen molar-refractivity contribution >= 4 is 28.9 Å². The van der Waals surface area contributed by atoms with Crippen molar-refractivity contribution in [1.29, 1.82) is 0 Å². The van der Waals surface area contributed by atoms with E-state index in [9.17, 15) is 4.79 Å². The normalized spacial score (nSPS) is 17.0. The van der Waals surface area contributed by atoms with Gasteiger partial charge in [-0.05, 0) is 63.6 Å². The van der Waals surface area contributed by atoms with Crippen LogP contribution in [0.3, 0.4) is 0 Å². The lowest BCUT2D eigenvalue weighted by Gasteiger charge is -2.17. The summed E-state index contributed by atoms with van der Waals surface area (Å²) in [6.07, 6.45) is 3.50. The Kier molecular flexibility index (Phi) is 6.69. The van der Waals surface area contributed by atoms with Crippen LogP contribution >= 0.6 is 23.1 Å². The monoisotopic (exact) mass is 459 g/mol. The molecule has 0 saturated heterocycles. The van der Waals surface area contributed by atoms with Crippen molar-refractivity contribution in [2.45, 2.75) is 58.2 Å². The molecule has 0 bridgehead atoms. The van der Waals surface area contributed by atoms with Crippen LogP contribution in [-0.2, 0) is 17.6 Å². The van der Waals surface area contributed by atoms with Crippen LogP contribution in [0.5, 0.6) is 0 Å². The van der Waals surface area contributed by atoms with E-state index in [1.165, 1.54) is 28.6 Å². The number of nitrogens with zero attached hydrogens (tertiary/aromatic N) is 3. The van der Waals surface area contributed by atoms with Gasteiger partial charge in [0, 0.05) is 28.9 Å². The van der Waals surface area contributed by atoms with Gasteiger partial charge in [0.2, 0.25) is 0 Å². The molecule has 3 aromatic heterocycles. The van der Waals surface area contributed by atoms with Crippen LogP contribution in [0.2, 0.25) is 0 Å². The Labute approximate surface area is 191 Å². The van der Waals surface area contributed by atoms with Crippen molar-refractivity contribution in [3.63, 3.8) is 0 Å². The molecular formula is C23H29N3O3S2. The van der Waals surface area contributed by atoms with Crippen molar-refractivity contribution in [2.24, 2.45) is 5.92 Å². The van der Waals surface area contributed by atoms with E-state index in [1.807, 2.05) is 19.9 Å². The third kappa shape index (κ3) is 4.66. The van der Waals surface area contributed by atoms with E-state index >= 15 is 0 Å². The number of methoxy groups -OCH3 is 1. The molecule has 8 heteroatoms. The molecule has 6 nitrogen and oxygen atoms in total. The summed E-state index contributed by atoms with van der Waals surface area (Å²) in [5.41, 5.74) is 4.19. The zero-order chi connectivity index (χ0) is 22.1. The average Bonchev–Trinajstić information content (AvgIpc) is 3.43. The lowest BCUT2D eigenvalue weighted by atomic mass is 9.90. The molecule has 1 aliphatic rings. The first-order valence-electron chi connectivity index (χ1n) is 10.7. The zero-order valence-corrected chi connectivity index (χ0v) is 20.4. The summed E-state index contributed by atoms with van der Waals surface area (Å²) in [6.45, 7) is 9.01. The highest BCUT2D eigenvalue weighted by atomic mass is 32.2. The van der Waals surface area contributed by atoms with Crippen LogP contribution in [0.25, 0.3) is 10.8 Å². The third-order valence-electron chi connectivity index (χ3n) is 5.91. The van der Waals surface area contributed by atoms with Crippen LogP contribution in [0, 0.1) is 19.8 Å². The smallest absolute Gasteiger partial charge is 0.277 e. The predicted molar refractivity (Wildman–Crippen MR) is 124 cm³/mol. The van der Waals surface area contributed by atoms with Crippen LogP contribution in [-0.4, -0.2) is 40.0 Å². The molecule has 0 spiro atoms. The second-order valence-electron chi connectivity index (χ2n) is 8.45. The molecule has 0 radical (unpaired) electrons. The molecule has 4 rings (SSSR count). The van der Waals surface area contributed by atoms with Crippen molar-refractivity contribution in [2.75, 3.05) is 19.5 Å². The second-order valence-corrected chi connectivity index (χ2v) is 10.5. The molecule has 0 fully saturated rings. The standard InChI is InChI=1S/C23H29N3O3S2/c1-13-6-7-20-17(8-13)10-21(31-20)22-24-25-23(29-22)30-12-19(27)18-9-14(2)26(16(18)4)15(3)11-28-5/h9-10,13,15H,6-8,11-12H2,1-5H3. The number of carbonyl (C=O) groups excluding carboxylic acids is 1. The minimum absolute atomic E-state index is 0.0642. The van der Waals surface area contributed by atoms with Crippen LogP contribution in [0.1, 0.15) is 58.5 Å². The van der Waals surface area contributed by atoms with Gasteiger partial charge in [0.05, 0.1) is 23.3 Å². The first-order valence-corrected chi connectivity index (χ1v) is 12.5. The number of thiophene rings is 1. The van der Waals surface area contributed by atoms with Gasteiger partial charge >= 0.3 is 0 Å². The van der Waals surface area contributed by atoms with Gasteiger partial charge in [0.25, 0.3) is 11.1 Å². The van der Waals surface area contributed by atoms with Crippen molar-refractivity contribution < 1.29 is 13.9 Å². The number of fused-ring (bicyclic) bond motifs is 1. The number of rotatable bonds is 8. The van der Waals surface area contributed by atoms with E-state index in [0.717, 1.165) is 40.6 Å². The Morgan fingerprint density at radius 1 is 1.39 bits per heavy atom. The number of Topliss-reactive ketones (excluding diaryl/α,β-unsaturated/α-hetero) is 1. The number of aryl methyl sites for hydroxylation is 2. The molecule has 0 aliphatic heterocycles. The Hall–Kier alpha value is -1.90. The molecule has 1 aliphatic carbocycles. The van der Waals surface area contributed by atoms with E-state index in [0.29, 0.717) is 17.7 Å². The van der Waals surface area contributed by atoms with Gasteiger partial charge in [-0.15, -0.1) is 21.5 Å². The van der Waals surface area contributed by atoms with Gasteiger partial charge in [-0.2, -0.15) is 0 Å². The lowest BCUT2D eigenvalue weighted by molar-refractivity contribution is 0.102. The highest BCUT2D eigenvalue weighted by molar-refractivity contribution is 7.99. The highest BCUT2D eigenvalue weighted by Crippen LogP contribution is 2.37. The van der Waals surface area contributed by atoms with Crippen molar-refractivity contribution in [3.05, 3.63) is 39.5 Å². The number of aromatic nitrogens is 3. The van der Waals surface area contributed by atoms with Crippen LogP contribution in [0.15, 0.2) is 21.8 Å². The fourth-order valence-corrected chi connectivity index (χ4v) is 6.21. The number of ether oxygens (including phenoxy) is 1. The Morgan fingerprint density at radius 3 is 2.97 bits per heavy atom. The maximum absolute atomic E-state index is 12.9. The summed E-state index contributed by atoms with van der Waals surface area (Å²) < 4.78 is 13.3. The molecule has 0 N–H and O–H groups in total. The summed E-state index contributed by atoms with van der Waals surface area (Å²) in [5.74, 6) is 1.61. The molecule has 166 valence electrons. The molecule has 0 saturated carbocycles. The maximum Gasteiger partial charge on any atom is 0.277 e. The van der Waals surface area contributed by atoms with Crippen molar-refractivity contribution in [3.8, 4) is 10.8 Å². The molecule has 0 amide bonds. The zero-order valence-electron chi connectivity index (χ0n) is 18.7. The number of hydrogen-bond donors (Lipinski definition) is 0. The first kappa shape index (κ1) is 22.3. The number of carbonyl (C=O) groups is 1. The molecule has 0 aromatic carbocycles. The molecule has 31 heavy (non-hydrogen) atoms. The Morgan fingerprint density at radius 2 is 2.19 bits per heavy atom. The Balaban J connectivity index is 1.42. The van der Waals surface area contributed by atoms with Gasteiger partial charge in [-0.1, -0.05) is 18.7 Å². The largest absolute Gasteiger partial charge is 0.410 e. The topological polar surface area (TPSA) is 70.2 Å². The third-order valence-corrected chi connectivity index (χ3v) is 7.95. The summed E-state index contributed by atoms with van der Waals surface area (Å²) in [6, 6.07) is 4.33. The summed E-state index contributed by atoms with van der Waals surface area (Å²) in [4.78, 5) is 15.3. The van der Waals surface area contributed by atoms with Gasteiger partial charge < -0.3 is 13.7 Å². The highest BCUT2D eigenvalue weighted by Gasteiger charge is 2.22. The second kappa shape index (κ2) is 9.30. The fraction of sp³-hybridized carbons (Fsp3) is 0.522. The number of ketones is 1. The molecular weight excluding hydrogens is 430 g/mol. The van der Waals surface area contributed by atoms with Crippen LogP contribution < -0.4 is 0 Å². The first-order chi connectivity index (χ1) is 14.9. The average molecular weight is 460 g/mol. The van der Waals surface area contributed by atoms with E-state index in [2.05, 4.69) is 34.7 Å². The van der Waals surface area contributed by atoms with E-state index in [1.54, 1.807) is 18.4 Å². The lowest BCUT2D eigenvalue weighted by Crippen LogP contribution is -2.14. The quantitative estimate of drug-likeness (QED) is 0.326. The van der Waals surface area contributed by atoms with Gasteiger partial charge in [-0.3, -0.25) is 4.79 Å². The van der Waals surface area contributed by atoms with E-state index in [4.69, 9.17) is 9.15 Å². The van der Waals surface area contributed by atoms with Gasteiger partial charge in [-0.25, -0.2) is 0 Å². The molecule has 3 aromatic rings. The van der Waals surface area contributed by atoms with Crippen molar-refractivity contribution in [1.82, 2.24) is 14.8 Å². The van der Waals surface area contributed by atoms with Gasteiger partial charge in [0.1, 0.15) is 0 Å². The number of hydrogen-bond acceptors (Lipinski definition) is 7. The SMILES string of the molecule is COCC(C)n1c(C)cc(C(=O)CSc2nnc(-c3cc4c(s3)CCC(C)C4)o2)c1C. The van der Waals surface area contributed by atoms with E-state index in [-0.39, 0.29) is 17.6 Å². The maximum atomic E-state index is 12.9. The van der Waals surface area contributed by atoms with E-state index < -0.39 is 0 Å². The minimum Gasteiger partial charge on any atom is -0.410 e. The fourth-order valence-electron chi connectivity index (χ4n) is 4.44.